The summed E-state index contributed by atoms with van der Waals surface area (Å²) in [6.45, 7) is 3.27. The van der Waals surface area contributed by atoms with Gasteiger partial charge in [0.25, 0.3) is 0 Å². The number of hydrogen-bond acceptors (Lipinski definition) is 4. The van der Waals surface area contributed by atoms with Crippen LogP contribution in [-0.4, -0.2) is 48.7 Å². The number of aliphatic imine (C=N–C) groups is 1. The van der Waals surface area contributed by atoms with E-state index in [9.17, 15) is 4.79 Å². The summed E-state index contributed by atoms with van der Waals surface area (Å²) in [5.74, 6) is 2.90. The average Bonchev–Trinajstić information content (AvgIpc) is 3.24. The summed E-state index contributed by atoms with van der Waals surface area (Å²) in [5.41, 5.74) is 5.42. The number of hydrogen-bond donors (Lipinski definition) is 2. The van der Waals surface area contributed by atoms with Gasteiger partial charge in [0, 0.05) is 49.7 Å². The van der Waals surface area contributed by atoms with Gasteiger partial charge in [-0.1, -0.05) is 18.2 Å². The highest BCUT2D eigenvalue weighted by Gasteiger charge is 2.23. The van der Waals surface area contributed by atoms with Crippen molar-refractivity contribution in [3.8, 4) is 0 Å². The van der Waals surface area contributed by atoms with Gasteiger partial charge in [0.2, 0.25) is 5.91 Å². The van der Waals surface area contributed by atoms with Gasteiger partial charge in [-0.2, -0.15) is 0 Å². The first-order chi connectivity index (χ1) is 14.2. The molecule has 1 fully saturated rings. The Hall–Kier alpha value is -2.41. The Morgan fingerprint density at radius 3 is 2.90 bits per heavy atom. The molecule has 0 radical (unpaired) electrons. The lowest BCUT2D eigenvalue weighted by Gasteiger charge is -2.34. The number of guanidine groups is 1. The molecule has 3 rings (SSSR count). The van der Waals surface area contributed by atoms with Crippen LogP contribution in [0.25, 0.3) is 0 Å². The number of thioether (sulfide) groups is 1. The van der Waals surface area contributed by atoms with Crippen LogP contribution in [0.3, 0.4) is 0 Å². The number of rotatable bonds is 9. The van der Waals surface area contributed by atoms with Crippen molar-refractivity contribution in [3.63, 3.8) is 0 Å². The maximum absolute atomic E-state index is 11.3. The van der Waals surface area contributed by atoms with Gasteiger partial charge in [-0.25, -0.2) is 0 Å². The number of nitrogens with two attached hydrogens (primary N) is 1. The van der Waals surface area contributed by atoms with Gasteiger partial charge < -0.3 is 20.4 Å². The molecule has 0 bridgehead atoms. The summed E-state index contributed by atoms with van der Waals surface area (Å²) >= 11 is 1.83. The van der Waals surface area contributed by atoms with Crippen LogP contribution in [0.1, 0.15) is 25.0 Å². The second kappa shape index (κ2) is 11.6. The van der Waals surface area contributed by atoms with Crippen LogP contribution in [0.5, 0.6) is 0 Å². The van der Waals surface area contributed by atoms with E-state index in [4.69, 9.17) is 15.1 Å². The molecule has 1 atom stereocenters. The van der Waals surface area contributed by atoms with Crippen LogP contribution in [0.15, 0.2) is 63.0 Å². The fraction of sp³-hybridized carbons (Fsp3) is 0.455. The predicted molar refractivity (Wildman–Crippen MR) is 118 cm³/mol. The number of piperidine rings is 1. The lowest BCUT2D eigenvalue weighted by molar-refractivity contribution is -0.119. The summed E-state index contributed by atoms with van der Waals surface area (Å²) in [7, 11) is 0. The van der Waals surface area contributed by atoms with Gasteiger partial charge >= 0.3 is 0 Å². The smallest absolute Gasteiger partial charge is 0.217 e. The van der Waals surface area contributed by atoms with Crippen molar-refractivity contribution in [1.82, 2.24) is 10.2 Å². The Morgan fingerprint density at radius 2 is 2.14 bits per heavy atom. The van der Waals surface area contributed by atoms with Crippen molar-refractivity contribution in [2.45, 2.75) is 30.6 Å². The first-order valence-electron chi connectivity index (χ1n) is 10.2. The summed E-state index contributed by atoms with van der Waals surface area (Å²) in [6.07, 6.45) is 5.01. The fourth-order valence-corrected chi connectivity index (χ4v) is 4.34. The second-order valence-electron chi connectivity index (χ2n) is 7.25. The molecule has 2 heterocycles. The summed E-state index contributed by atoms with van der Waals surface area (Å²) in [4.78, 5) is 19.7. The number of likely N-dealkylation sites (tertiary alicyclic amines) is 1. The number of nitrogens with one attached hydrogen (secondary N) is 1. The Bertz CT molecular complexity index is 764. The fourth-order valence-electron chi connectivity index (χ4n) is 3.55. The van der Waals surface area contributed by atoms with E-state index < -0.39 is 0 Å². The predicted octanol–water partition coefficient (Wildman–Crippen LogP) is 3.15. The van der Waals surface area contributed by atoms with Crippen LogP contribution < -0.4 is 11.1 Å². The van der Waals surface area contributed by atoms with E-state index in [1.807, 2.05) is 30.0 Å². The first-order valence-corrected chi connectivity index (χ1v) is 11.2. The maximum Gasteiger partial charge on any atom is 0.217 e. The molecule has 1 aromatic carbocycles. The molecule has 1 aliphatic rings. The average molecular weight is 415 g/mol. The number of furan rings is 1. The number of carbonyl (C=O) groups excluding carboxylic acids is 1. The molecule has 1 unspecified atom stereocenters. The summed E-state index contributed by atoms with van der Waals surface area (Å²) < 4.78 is 5.41. The zero-order chi connectivity index (χ0) is 20.3. The van der Waals surface area contributed by atoms with Gasteiger partial charge in [-0.3, -0.25) is 9.79 Å². The number of benzene rings is 1. The lowest BCUT2D eigenvalue weighted by atomic mass is 9.95. The highest BCUT2D eigenvalue weighted by atomic mass is 32.2. The van der Waals surface area contributed by atoms with Crippen molar-refractivity contribution in [1.29, 1.82) is 0 Å². The molecule has 2 aromatic rings. The molecule has 0 spiro atoms. The molecule has 7 heteroatoms. The zero-order valence-corrected chi connectivity index (χ0v) is 17.6. The minimum atomic E-state index is -0.222. The molecule has 156 valence electrons. The molecule has 29 heavy (non-hydrogen) atoms. The molecule has 3 N–H and O–H groups in total. The molecule has 1 aromatic heterocycles. The molecule has 0 aliphatic carbocycles. The third kappa shape index (κ3) is 7.49. The Labute approximate surface area is 176 Å². The van der Waals surface area contributed by atoms with Crippen LogP contribution in [0.2, 0.25) is 0 Å². The topological polar surface area (TPSA) is 83.9 Å². The number of primary amides is 1. The lowest BCUT2D eigenvalue weighted by Crippen LogP contribution is -2.47. The molecular weight excluding hydrogens is 384 g/mol. The SMILES string of the molecule is NC(=O)CC1CCCN(C(=NCCc2ccco2)NCCSc2ccccc2)C1. The Kier molecular flexibility index (Phi) is 8.49. The van der Waals surface area contributed by atoms with E-state index in [0.29, 0.717) is 18.9 Å². The van der Waals surface area contributed by atoms with E-state index in [2.05, 4.69) is 34.5 Å². The van der Waals surface area contributed by atoms with E-state index >= 15 is 0 Å². The largest absolute Gasteiger partial charge is 0.469 e. The standard InChI is InChI=1S/C22H30N4O2S/c23-21(27)16-18-6-4-13-26(17-18)22(24-11-10-19-7-5-14-28-19)25-12-15-29-20-8-2-1-3-9-20/h1-3,5,7-9,14,18H,4,6,10-13,15-17H2,(H2,23,27)(H,24,25). The number of nitrogens with zero attached hydrogens (tertiary/aromatic N) is 2. The Balaban J connectivity index is 1.55. The normalized spacial score (nSPS) is 17.3. The van der Waals surface area contributed by atoms with Crippen LogP contribution >= 0.6 is 11.8 Å². The van der Waals surface area contributed by atoms with Gasteiger partial charge in [0.05, 0.1) is 6.26 Å². The number of carbonyl (C=O) groups is 1. The van der Waals surface area contributed by atoms with Crippen LogP contribution in [-0.2, 0) is 11.2 Å². The van der Waals surface area contributed by atoms with E-state index in [1.165, 1.54) is 4.90 Å². The van der Waals surface area contributed by atoms with E-state index in [1.54, 1.807) is 6.26 Å². The first kappa shape index (κ1) is 21.3. The van der Waals surface area contributed by atoms with Gasteiger partial charge in [-0.05, 0) is 43.0 Å². The third-order valence-corrected chi connectivity index (χ3v) is 5.92. The van der Waals surface area contributed by atoms with Gasteiger partial charge in [0.1, 0.15) is 5.76 Å². The summed E-state index contributed by atoms with van der Waals surface area (Å²) in [6, 6.07) is 14.3. The van der Waals surface area contributed by atoms with Crippen LogP contribution in [0, 0.1) is 5.92 Å². The maximum atomic E-state index is 11.3. The van der Waals surface area contributed by atoms with Gasteiger partial charge in [-0.15, -0.1) is 11.8 Å². The molecule has 6 nitrogen and oxygen atoms in total. The van der Waals surface area contributed by atoms with E-state index in [-0.39, 0.29) is 5.91 Å². The van der Waals surface area contributed by atoms with Crippen LogP contribution in [0.4, 0.5) is 0 Å². The molecule has 1 aliphatic heterocycles. The third-order valence-electron chi connectivity index (χ3n) is 4.91. The minimum absolute atomic E-state index is 0.222. The monoisotopic (exact) mass is 414 g/mol. The van der Waals surface area contributed by atoms with E-state index in [0.717, 1.165) is 56.4 Å². The number of amides is 1. The van der Waals surface area contributed by atoms with Crippen molar-refractivity contribution in [2.75, 3.05) is 31.9 Å². The highest BCUT2D eigenvalue weighted by Crippen LogP contribution is 2.20. The summed E-state index contributed by atoms with van der Waals surface area (Å²) in [5, 5.41) is 3.52. The highest BCUT2D eigenvalue weighted by molar-refractivity contribution is 7.99. The molecular formula is C22H30N4O2S. The molecule has 0 saturated carbocycles. The second-order valence-corrected chi connectivity index (χ2v) is 8.42. The quantitative estimate of drug-likeness (QED) is 0.285. The van der Waals surface area contributed by atoms with Crippen molar-refractivity contribution >= 4 is 23.6 Å². The Morgan fingerprint density at radius 1 is 1.28 bits per heavy atom. The minimum Gasteiger partial charge on any atom is -0.469 e. The van der Waals surface area contributed by atoms with Gasteiger partial charge in [0.15, 0.2) is 5.96 Å². The van der Waals surface area contributed by atoms with Crippen molar-refractivity contribution < 1.29 is 9.21 Å². The molecule has 1 amide bonds. The van der Waals surface area contributed by atoms with Crippen molar-refractivity contribution in [3.05, 3.63) is 54.5 Å². The molecule has 1 saturated heterocycles. The zero-order valence-electron chi connectivity index (χ0n) is 16.8. The van der Waals surface area contributed by atoms with Crippen molar-refractivity contribution in [2.24, 2.45) is 16.6 Å².